The Bertz CT molecular complexity index is 494. The van der Waals surface area contributed by atoms with Gasteiger partial charge in [0.2, 0.25) is 5.91 Å². The first-order valence-electron chi connectivity index (χ1n) is 5.77. The minimum absolute atomic E-state index is 0.0973. The van der Waals surface area contributed by atoms with Crippen molar-refractivity contribution < 1.29 is 31.8 Å². The molecular formula is C12H14F4N2O3. The van der Waals surface area contributed by atoms with Gasteiger partial charge in [0.1, 0.15) is 17.6 Å². The number of amides is 1. The normalized spacial score (nSPS) is 12.9. The third kappa shape index (κ3) is 5.96. The van der Waals surface area contributed by atoms with Crippen molar-refractivity contribution in [3.63, 3.8) is 0 Å². The Balaban J connectivity index is 2.84. The van der Waals surface area contributed by atoms with Crippen molar-refractivity contribution >= 4 is 11.6 Å². The van der Waals surface area contributed by atoms with Gasteiger partial charge in [0.25, 0.3) is 0 Å². The van der Waals surface area contributed by atoms with Crippen LogP contribution in [0.3, 0.4) is 0 Å². The third-order valence-electron chi connectivity index (χ3n) is 2.27. The van der Waals surface area contributed by atoms with Crippen LogP contribution in [0.5, 0.6) is 5.75 Å². The molecule has 1 aromatic rings. The van der Waals surface area contributed by atoms with Gasteiger partial charge in [-0.15, -0.1) is 0 Å². The molecule has 0 saturated carbocycles. The van der Waals surface area contributed by atoms with Crippen molar-refractivity contribution in [1.29, 1.82) is 0 Å². The Hall–Kier alpha value is -1.87. The molecule has 9 heteroatoms. The summed E-state index contributed by atoms with van der Waals surface area (Å²) >= 11 is 0. The van der Waals surface area contributed by atoms with E-state index in [9.17, 15) is 22.4 Å². The highest BCUT2D eigenvalue weighted by atomic mass is 19.4. The number of methoxy groups -OCH3 is 1. The van der Waals surface area contributed by atoms with Crippen LogP contribution in [0.2, 0.25) is 0 Å². The zero-order valence-electron chi connectivity index (χ0n) is 11.0. The fourth-order valence-electron chi connectivity index (χ4n) is 1.37. The van der Waals surface area contributed by atoms with Crippen LogP contribution < -0.4 is 15.8 Å². The number of rotatable bonds is 6. The monoisotopic (exact) mass is 310 g/mol. The highest BCUT2D eigenvalue weighted by Crippen LogP contribution is 2.27. The van der Waals surface area contributed by atoms with E-state index in [1.807, 2.05) is 0 Å². The van der Waals surface area contributed by atoms with Crippen LogP contribution in [0.4, 0.5) is 23.2 Å². The van der Waals surface area contributed by atoms with Crippen LogP contribution in [-0.2, 0) is 9.53 Å². The SMILES string of the molecule is COCC(N)C(=O)Nc1cc(F)ccc1OCC(F)(F)F. The first kappa shape index (κ1) is 17.2. The molecule has 1 atom stereocenters. The van der Waals surface area contributed by atoms with Crippen LogP contribution in [0.25, 0.3) is 0 Å². The smallest absolute Gasteiger partial charge is 0.422 e. The van der Waals surface area contributed by atoms with Crippen molar-refractivity contribution in [1.82, 2.24) is 0 Å². The standard InChI is InChI=1S/C12H14F4N2O3/c1-20-5-8(17)11(19)18-9-4-7(13)2-3-10(9)21-6-12(14,15)16/h2-4,8H,5-6,17H2,1H3,(H,18,19). The minimum atomic E-state index is -4.55. The van der Waals surface area contributed by atoms with Gasteiger partial charge in [-0.2, -0.15) is 13.2 Å². The molecule has 0 radical (unpaired) electrons. The van der Waals surface area contributed by atoms with Gasteiger partial charge in [-0.25, -0.2) is 4.39 Å². The third-order valence-corrected chi connectivity index (χ3v) is 2.27. The Morgan fingerprint density at radius 3 is 2.67 bits per heavy atom. The molecule has 0 aromatic heterocycles. The number of benzene rings is 1. The Labute approximate surface area is 118 Å². The molecular weight excluding hydrogens is 296 g/mol. The first-order chi connectivity index (χ1) is 9.73. The molecule has 0 bridgehead atoms. The molecule has 0 saturated heterocycles. The number of halogens is 4. The van der Waals surface area contributed by atoms with Gasteiger partial charge in [-0.1, -0.05) is 0 Å². The Morgan fingerprint density at radius 2 is 2.10 bits per heavy atom. The molecule has 0 aliphatic carbocycles. The quantitative estimate of drug-likeness (QED) is 0.784. The fourth-order valence-corrected chi connectivity index (χ4v) is 1.37. The van der Waals surface area contributed by atoms with Crippen LogP contribution in [0, 0.1) is 5.82 Å². The average molecular weight is 310 g/mol. The lowest BCUT2D eigenvalue weighted by molar-refractivity contribution is -0.153. The van der Waals surface area contributed by atoms with E-state index in [1.54, 1.807) is 0 Å². The van der Waals surface area contributed by atoms with Crippen LogP contribution in [0.1, 0.15) is 0 Å². The summed E-state index contributed by atoms with van der Waals surface area (Å²) < 4.78 is 58.7. The fraction of sp³-hybridized carbons (Fsp3) is 0.417. The molecule has 1 amide bonds. The molecule has 1 aromatic carbocycles. The molecule has 1 unspecified atom stereocenters. The number of anilines is 1. The van der Waals surface area contributed by atoms with E-state index < -0.39 is 30.5 Å². The van der Waals surface area contributed by atoms with E-state index in [2.05, 4.69) is 14.8 Å². The second kappa shape index (κ2) is 7.23. The number of nitrogens with one attached hydrogen (secondary N) is 1. The molecule has 1 rings (SSSR count). The number of alkyl halides is 3. The topological polar surface area (TPSA) is 73.6 Å². The maximum Gasteiger partial charge on any atom is 0.422 e. The molecule has 118 valence electrons. The van der Waals surface area contributed by atoms with Gasteiger partial charge in [-0.3, -0.25) is 4.79 Å². The van der Waals surface area contributed by atoms with E-state index >= 15 is 0 Å². The summed E-state index contributed by atoms with van der Waals surface area (Å²) in [6.07, 6.45) is -4.55. The summed E-state index contributed by atoms with van der Waals surface area (Å²) in [5.74, 6) is -1.80. The summed E-state index contributed by atoms with van der Waals surface area (Å²) in [4.78, 5) is 11.7. The highest BCUT2D eigenvalue weighted by molar-refractivity contribution is 5.96. The van der Waals surface area contributed by atoms with Gasteiger partial charge in [0, 0.05) is 13.2 Å². The molecule has 0 heterocycles. The molecule has 21 heavy (non-hydrogen) atoms. The van der Waals surface area contributed by atoms with E-state index in [0.29, 0.717) is 0 Å². The number of carbonyl (C=O) groups is 1. The van der Waals surface area contributed by atoms with E-state index in [0.717, 1.165) is 18.2 Å². The molecule has 0 fully saturated rings. The van der Waals surface area contributed by atoms with Crippen LogP contribution in [-0.4, -0.2) is 38.4 Å². The predicted octanol–water partition coefficient (Wildman–Crippen LogP) is 1.68. The summed E-state index contributed by atoms with van der Waals surface area (Å²) in [7, 11) is 1.33. The highest BCUT2D eigenvalue weighted by Gasteiger charge is 2.29. The molecule has 3 N–H and O–H groups in total. The van der Waals surface area contributed by atoms with Crippen molar-refractivity contribution in [3.05, 3.63) is 24.0 Å². The van der Waals surface area contributed by atoms with E-state index in [1.165, 1.54) is 7.11 Å². The number of ether oxygens (including phenoxy) is 2. The van der Waals surface area contributed by atoms with Crippen molar-refractivity contribution in [2.45, 2.75) is 12.2 Å². The van der Waals surface area contributed by atoms with Crippen LogP contribution >= 0.6 is 0 Å². The van der Waals surface area contributed by atoms with E-state index in [4.69, 9.17) is 5.73 Å². The number of hydrogen-bond donors (Lipinski definition) is 2. The van der Waals surface area contributed by atoms with Crippen molar-refractivity contribution in [2.24, 2.45) is 5.73 Å². The van der Waals surface area contributed by atoms with Crippen molar-refractivity contribution in [3.8, 4) is 5.75 Å². The maximum absolute atomic E-state index is 13.1. The van der Waals surface area contributed by atoms with E-state index in [-0.39, 0.29) is 18.0 Å². The first-order valence-corrected chi connectivity index (χ1v) is 5.77. The summed E-state index contributed by atoms with van der Waals surface area (Å²) in [5, 5.41) is 2.20. The second-order valence-electron chi connectivity index (χ2n) is 4.10. The zero-order chi connectivity index (χ0) is 16.0. The van der Waals surface area contributed by atoms with Gasteiger partial charge in [-0.05, 0) is 12.1 Å². The lowest BCUT2D eigenvalue weighted by atomic mass is 10.2. The number of nitrogens with two attached hydrogens (primary N) is 1. The Morgan fingerprint density at radius 1 is 1.43 bits per heavy atom. The largest absolute Gasteiger partial charge is 0.482 e. The maximum atomic E-state index is 13.1. The zero-order valence-corrected chi connectivity index (χ0v) is 11.0. The predicted molar refractivity (Wildman–Crippen MR) is 66.4 cm³/mol. The van der Waals surface area contributed by atoms with Gasteiger partial charge in [0.05, 0.1) is 12.3 Å². The molecule has 0 spiro atoms. The molecule has 0 aliphatic rings. The van der Waals surface area contributed by atoms with Gasteiger partial charge < -0.3 is 20.5 Å². The van der Waals surface area contributed by atoms with Crippen molar-refractivity contribution in [2.75, 3.05) is 25.6 Å². The number of carbonyl (C=O) groups excluding carboxylic acids is 1. The lowest BCUT2D eigenvalue weighted by Gasteiger charge is -2.16. The summed E-state index contributed by atoms with van der Waals surface area (Å²) in [5.41, 5.74) is 5.22. The van der Waals surface area contributed by atoms with Gasteiger partial charge in [0.15, 0.2) is 6.61 Å². The molecule has 0 aliphatic heterocycles. The Kier molecular flexibility index (Phi) is 5.91. The van der Waals surface area contributed by atoms with Gasteiger partial charge >= 0.3 is 6.18 Å². The number of hydrogen-bond acceptors (Lipinski definition) is 4. The average Bonchev–Trinajstić information content (AvgIpc) is 2.37. The molecule has 5 nitrogen and oxygen atoms in total. The minimum Gasteiger partial charge on any atom is -0.482 e. The lowest BCUT2D eigenvalue weighted by Crippen LogP contribution is -2.39. The van der Waals surface area contributed by atoms with Crippen LogP contribution in [0.15, 0.2) is 18.2 Å². The second-order valence-corrected chi connectivity index (χ2v) is 4.10. The summed E-state index contributed by atoms with van der Waals surface area (Å²) in [6, 6.07) is 1.69. The summed E-state index contributed by atoms with van der Waals surface area (Å²) in [6.45, 7) is -1.66.